The van der Waals surface area contributed by atoms with Gasteiger partial charge in [-0.05, 0) is 18.8 Å². The molecule has 1 aliphatic heterocycles. The largest absolute Gasteiger partial charge is 0.379 e. The van der Waals surface area contributed by atoms with E-state index in [-0.39, 0.29) is 17.9 Å². The predicted molar refractivity (Wildman–Crippen MR) is 64.0 cm³/mol. The smallest absolute Gasteiger partial charge is 0.227 e. The van der Waals surface area contributed by atoms with E-state index in [2.05, 4.69) is 6.92 Å². The van der Waals surface area contributed by atoms with Crippen LogP contribution in [0.5, 0.6) is 0 Å². The monoisotopic (exact) mass is 228 g/mol. The van der Waals surface area contributed by atoms with Crippen LogP contribution >= 0.6 is 0 Å². The number of likely N-dealkylation sites (tertiary alicyclic amines) is 1. The van der Waals surface area contributed by atoms with Gasteiger partial charge in [-0.15, -0.1) is 0 Å². The number of rotatable bonds is 4. The van der Waals surface area contributed by atoms with Crippen LogP contribution in [-0.4, -0.2) is 43.7 Å². The topological polar surface area (TPSA) is 55.6 Å². The molecular weight excluding hydrogens is 204 g/mol. The van der Waals surface area contributed by atoms with Gasteiger partial charge in [-0.25, -0.2) is 0 Å². The van der Waals surface area contributed by atoms with E-state index in [1.807, 2.05) is 11.8 Å². The van der Waals surface area contributed by atoms with Gasteiger partial charge in [0.15, 0.2) is 0 Å². The minimum atomic E-state index is -0.0223. The van der Waals surface area contributed by atoms with Crippen molar-refractivity contribution in [3.8, 4) is 0 Å². The zero-order valence-corrected chi connectivity index (χ0v) is 10.6. The number of amides is 1. The standard InChI is InChI=1S/C12H24N2O2/c1-4-10(7-13)12(15)14-6-5-9(2)11(8-14)16-3/h9-11H,4-8,13H2,1-3H3. The molecule has 3 unspecified atom stereocenters. The Morgan fingerprint density at radius 1 is 1.62 bits per heavy atom. The predicted octanol–water partition coefficient (Wildman–Crippen LogP) is 0.855. The third-order valence-electron chi connectivity index (χ3n) is 3.63. The molecule has 1 heterocycles. The molecule has 2 N–H and O–H groups in total. The van der Waals surface area contributed by atoms with E-state index in [9.17, 15) is 4.79 Å². The van der Waals surface area contributed by atoms with Crippen molar-refractivity contribution in [1.29, 1.82) is 0 Å². The van der Waals surface area contributed by atoms with Gasteiger partial charge < -0.3 is 15.4 Å². The molecule has 0 saturated carbocycles. The summed E-state index contributed by atoms with van der Waals surface area (Å²) in [7, 11) is 1.72. The molecule has 0 aromatic rings. The van der Waals surface area contributed by atoms with Crippen molar-refractivity contribution in [2.24, 2.45) is 17.6 Å². The minimum absolute atomic E-state index is 0.0223. The fraction of sp³-hybridized carbons (Fsp3) is 0.917. The van der Waals surface area contributed by atoms with Gasteiger partial charge in [0.1, 0.15) is 0 Å². The number of carbonyl (C=O) groups is 1. The second kappa shape index (κ2) is 6.21. The summed E-state index contributed by atoms with van der Waals surface area (Å²) < 4.78 is 5.41. The zero-order valence-electron chi connectivity index (χ0n) is 10.6. The van der Waals surface area contributed by atoms with Crippen molar-refractivity contribution in [2.45, 2.75) is 32.8 Å². The highest BCUT2D eigenvalue weighted by atomic mass is 16.5. The Morgan fingerprint density at radius 3 is 2.81 bits per heavy atom. The van der Waals surface area contributed by atoms with Crippen LogP contribution in [0.2, 0.25) is 0 Å². The second-order valence-corrected chi connectivity index (χ2v) is 4.67. The molecule has 0 radical (unpaired) electrons. The molecule has 0 aliphatic carbocycles. The third kappa shape index (κ3) is 2.95. The maximum absolute atomic E-state index is 12.1. The summed E-state index contributed by atoms with van der Waals surface area (Å²) in [5.74, 6) is 0.705. The number of carbonyl (C=O) groups excluding carboxylic acids is 1. The highest BCUT2D eigenvalue weighted by Gasteiger charge is 2.30. The molecule has 4 nitrogen and oxygen atoms in total. The van der Waals surface area contributed by atoms with E-state index in [1.165, 1.54) is 0 Å². The summed E-state index contributed by atoms with van der Waals surface area (Å²) in [6.45, 7) is 6.19. The first kappa shape index (κ1) is 13.5. The number of piperidine rings is 1. The molecular formula is C12H24N2O2. The van der Waals surface area contributed by atoms with Crippen molar-refractivity contribution in [1.82, 2.24) is 4.90 Å². The molecule has 4 heteroatoms. The van der Waals surface area contributed by atoms with Crippen molar-refractivity contribution in [3.05, 3.63) is 0 Å². The van der Waals surface area contributed by atoms with Crippen LogP contribution in [0, 0.1) is 11.8 Å². The summed E-state index contributed by atoms with van der Waals surface area (Å²) >= 11 is 0. The maximum atomic E-state index is 12.1. The third-order valence-corrected chi connectivity index (χ3v) is 3.63. The first-order valence-electron chi connectivity index (χ1n) is 6.15. The van der Waals surface area contributed by atoms with Crippen molar-refractivity contribution in [3.63, 3.8) is 0 Å². The summed E-state index contributed by atoms with van der Waals surface area (Å²) in [4.78, 5) is 14.0. The average Bonchev–Trinajstić information content (AvgIpc) is 2.31. The van der Waals surface area contributed by atoms with Gasteiger partial charge in [0.05, 0.1) is 12.0 Å². The normalized spacial score (nSPS) is 27.9. The quantitative estimate of drug-likeness (QED) is 0.776. The van der Waals surface area contributed by atoms with Gasteiger partial charge in [0, 0.05) is 26.7 Å². The van der Waals surface area contributed by atoms with Gasteiger partial charge in [0.2, 0.25) is 5.91 Å². The van der Waals surface area contributed by atoms with E-state index in [1.54, 1.807) is 7.11 Å². The van der Waals surface area contributed by atoms with Crippen LogP contribution in [0.1, 0.15) is 26.7 Å². The van der Waals surface area contributed by atoms with Gasteiger partial charge in [-0.3, -0.25) is 4.79 Å². The molecule has 0 bridgehead atoms. The molecule has 94 valence electrons. The lowest BCUT2D eigenvalue weighted by Crippen LogP contribution is -2.49. The Hall–Kier alpha value is -0.610. The zero-order chi connectivity index (χ0) is 12.1. The van der Waals surface area contributed by atoms with Crippen molar-refractivity contribution >= 4 is 5.91 Å². The maximum Gasteiger partial charge on any atom is 0.227 e. The van der Waals surface area contributed by atoms with Crippen molar-refractivity contribution in [2.75, 3.05) is 26.7 Å². The first-order valence-corrected chi connectivity index (χ1v) is 6.15. The minimum Gasteiger partial charge on any atom is -0.379 e. The van der Waals surface area contributed by atoms with E-state index in [0.717, 1.165) is 19.4 Å². The van der Waals surface area contributed by atoms with Gasteiger partial charge in [0.25, 0.3) is 0 Å². The van der Waals surface area contributed by atoms with Crippen LogP contribution in [0.15, 0.2) is 0 Å². The van der Waals surface area contributed by atoms with E-state index in [0.29, 0.717) is 19.0 Å². The number of nitrogens with two attached hydrogens (primary N) is 1. The van der Waals surface area contributed by atoms with Gasteiger partial charge in [-0.1, -0.05) is 13.8 Å². The van der Waals surface area contributed by atoms with E-state index < -0.39 is 0 Å². The summed E-state index contributed by atoms with van der Waals surface area (Å²) in [6, 6.07) is 0. The highest BCUT2D eigenvalue weighted by Crippen LogP contribution is 2.21. The van der Waals surface area contributed by atoms with Crippen LogP contribution in [0.3, 0.4) is 0 Å². The molecule has 1 amide bonds. The summed E-state index contributed by atoms with van der Waals surface area (Å²) in [5.41, 5.74) is 5.61. The van der Waals surface area contributed by atoms with E-state index in [4.69, 9.17) is 10.5 Å². The fourth-order valence-corrected chi connectivity index (χ4v) is 2.24. The van der Waals surface area contributed by atoms with Crippen LogP contribution in [0.4, 0.5) is 0 Å². The Kier molecular flexibility index (Phi) is 5.22. The lowest BCUT2D eigenvalue weighted by atomic mass is 9.94. The van der Waals surface area contributed by atoms with Gasteiger partial charge >= 0.3 is 0 Å². The average molecular weight is 228 g/mol. The number of methoxy groups -OCH3 is 1. The fourth-order valence-electron chi connectivity index (χ4n) is 2.24. The van der Waals surface area contributed by atoms with Crippen molar-refractivity contribution < 1.29 is 9.53 Å². The molecule has 0 aromatic heterocycles. The molecule has 16 heavy (non-hydrogen) atoms. The molecule has 0 aromatic carbocycles. The molecule has 1 saturated heterocycles. The van der Waals surface area contributed by atoms with Gasteiger partial charge in [-0.2, -0.15) is 0 Å². The summed E-state index contributed by atoms with van der Waals surface area (Å²) in [6.07, 6.45) is 2.01. The van der Waals surface area contributed by atoms with Crippen LogP contribution in [-0.2, 0) is 9.53 Å². The lowest BCUT2D eigenvalue weighted by molar-refractivity contribution is -0.140. The Balaban J connectivity index is 2.57. The number of ether oxygens (including phenoxy) is 1. The molecule has 0 spiro atoms. The molecule has 1 aliphatic rings. The Labute approximate surface area is 98.1 Å². The Morgan fingerprint density at radius 2 is 2.31 bits per heavy atom. The Bertz CT molecular complexity index is 229. The van der Waals surface area contributed by atoms with Crippen LogP contribution < -0.4 is 5.73 Å². The van der Waals surface area contributed by atoms with Crippen LogP contribution in [0.25, 0.3) is 0 Å². The number of nitrogens with zero attached hydrogens (tertiary/aromatic N) is 1. The SMILES string of the molecule is CCC(CN)C(=O)N1CCC(C)C(OC)C1. The second-order valence-electron chi connectivity index (χ2n) is 4.67. The highest BCUT2D eigenvalue weighted by molar-refractivity contribution is 5.79. The van der Waals surface area contributed by atoms with E-state index >= 15 is 0 Å². The number of hydrogen-bond acceptors (Lipinski definition) is 3. The number of hydrogen-bond donors (Lipinski definition) is 1. The molecule has 1 rings (SSSR count). The molecule has 1 fully saturated rings. The lowest BCUT2D eigenvalue weighted by Gasteiger charge is -2.37. The summed E-state index contributed by atoms with van der Waals surface area (Å²) in [5, 5.41) is 0. The first-order chi connectivity index (χ1) is 7.63. The molecule has 3 atom stereocenters.